The van der Waals surface area contributed by atoms with Gasteiger partial charge in [0.05, 0.1) is 13.2 Å². The van der Waals surface area contributed by atoms with Gasteiger partial charge in [-0.3, -0.25) is 4.98 Å². The molecule has 0 saturated carbocycles. The van der Waals surface area contributed by atoms with E-state index in [2.05, 4.69) is 36.2 Å². The minimum Gasteiger partial charge on any atom is -0.506 e. The Hall–Kier alpha value is -1.91. The Labute approximate surface area is 131 Å². The van der Waals surface area contributed by atoms with Gasteiger partial charge in [0.15, 0.2) is 0 Å². The molecule has 3 rings (SSSR count). The van der Waals surface area contributed by atoms with Crippen LogP contribution in [0.15, 0.2) is 36.5 Å². The summed E-state index contributed by atoms with van der Waals surface area (Å²) in [5.41, 5.74) is 4.32. The van der Waals surface area contributed by atoms with Crippen molar-refractivity contribution >= 4 is 0 Å². The number of rotatable bonds is 4. The maximum atomic E-state index is 10.2. The first kappa shape index (κ1) is 15.0. The Morgan fingerprint density at radius 3 is 2.55 bits per heavy atom. The number of ether oxygens (including phenoxy) is 1. The van der Waals surface area contributed by atoms with Crippen molar-refractivity contribution in [2.24, 2.45) is 0 Å². The van der Waals surface area contributed by atoms with Crippen LogP contribution in [0.2, 0.25) is 0 Å². The van der Waals surface area contributed by atoms with Crippen LogP contribution in [0.1, 0.15) is 22.4 Å². The van der Waals surface area contributed by atoms with Gasteiger partial charge in [0.2, 0.25) is 0 Å². The quantitative estimate of drug-likeness (QED) is 0.889. The summed E-state index contributed by atoms with van der Waals surface area (Å²) in [7, 11) is 0. The lowest BCUT2D eigenvalue weighted by molar-refractivity contribution is -0.921. The zero-order chi connectivity index (χ0) is 15.4. The predicted octanol–water partition coefficient (Wildman–Crippen LogP) is 1.10. The number of hydrogen-bond acceptors (Lipinski definition) is 3. The molecule has 0 amide bonds. The van der Waals surface area contributed by atoms with Gasteiger partial charge in [-0.25, -0.2) is 0 Å². The standard InChI is InChI=1S/C18H22N2O2/c1-14-2-4-15(5-3-14)10-16-11-18(21)17(19-12-16)13-20-6-8-22-9-7-20/h2-5,11-12,21H,6-10,13H2,1H3/p+1. The maximum absolute atomic E-state index is 10.2. The number of quaternary nitrogens is 1. The zero-order valence-corrected chi connectivity index (χ0v) is 13.0. The van der Waals surface area contributed by atoms with E-state index >= 15 is 0 Å². The molecule has 4 heteroatoms. The predicted molar refractivity (Wildman–Crippen MR) is 85.1 cm³/mol. The fourth-order valence-electron chi connectivity index (χ4n) is 2.77. The molecule has 116 valence electrons. The Morgan fingerprint density at radius 1 is 1.14 bits per heavy atom. The molecule has 1 aliphatic heterocycles. The molecule has 0 bridgehead atoms. The van der Waals surface area contributed by atoms with Gasteiger partial charge >= 0.3 is 0 Å². The van der Waals surface area contributed by atoms with E-state index < -0.39 is 0 Å². The molecule has 1 fully saturated rings. The largest absolute Gasteiger partial charge is 0.506 e. The Kier molecular flexibility index (Phi) is 4.71. The van der Waals surface area contributed by atoms with Crippen LogP contribution in [-0.4, -0.2) is 36.4 Å². The molecular formula is C18H23N2O2+. The number of benzene rings is 1. The van der Waals surface area contributed by atoms with Crippen LogP contribution in [0.3, 0.4) is 0 Å². The highest BCUT2D eigenvalue weighted by Gasteiger charge is 2.17. The Balaban J connectivity index is 1.67. The fraction of sp³-hybridized carbons (Fsp3) is 0.389. The molecule has 2 N–H and O–H groups in total. The Morgan fingerprint density at radius 2 is 1.86 bits per heavy atom. The summed E-state index contributed by atoms with van der Waals surface area (Å²) in [6.07, 6.45) is 2.68. The van der Waals surface area contributed by atoms with Gasteiger partial charge in [0.25, 0.3) is 0 Å². The minimum atomic E-state index is 0.309. The third-order valence-corrected chi connectivity index (χ3v) is 4.15. The minimum absolute atomic E-state index is 0.309. The van der Waals surface area contributed by atoms with Crippen molar-refractivity contribution in [1.82, 2.24) is 4.98 Å². The van der Waals surface area contributed by atoms with Crippen LogP contribution in [0, 0.1) is 6.92 Å². The van der Waals surface area contributed by atoms with E-state index in [9.17, 15) is 5.11 Å². The summed E-state index contributed by atoms with van der Waals surface area (Å²) < 4.78 is 5.36. The molecule has 1 aromatic heterocycles. The fourth-order valence-corrected chi connectivity index (χ4v) is 2.77. The van der Waals surface area contributed by atoms with Crippen molar-refractivity contribution in [1.29, 1.82) is 0 Å². The molecule has 0 unspecified atom stereocenters. The second-order valence-corrected chi connectivity index (χ2v) is 6.01. The molecule has 22 heavy (non-hydrogen) atoms. The van der Waals surface area contributed by atoms with Crippen molar-refractivity contribution in [3.8, 4) is 5.75 Å². The highest BCUT2D eigenvalue weighted by molar-refractivity contribution is 5.33. The van der Waals surface area contributed by atoms with Crippen molar-refractivity contribution in [3.05, 3.63) is 58.9 Å². The number of aryl methyl sites for hydroxylation is 1. The van der Waals surface area contributed by atoms with E-state index in [0.717, 1.165) is 50.5 Å². The monoisotopic (exact) mass is 299 g/mol. The zero-order valence-electron chi connectivity index (χ0n) is 13.0. The number of pyridine rings is 1. The lowest BCUT2D eigenvalue weighted by atomic mass is 10.0. The van der Waals surface area contributed by atoms with E-state index in [1.165, 1.54) is 16.0 Å². The van der Waals surface area contributed by atoms with Crippen LogP contribution in [0.4, 0.5) is 0 Å². The van der Waals surface area contributed by atoms with Crippen LogP contribution in [0.25, 0.3) is 0 Å². The molecule has 0 radical (unpaired) electrons. The molecule has 0 spiro atoms. The summed E-state index contributed by atoms with van der Waals surface area (Å²) >= 11 is 0. The van der Waals surface area contributed by atoms with Crippen LogP contribution < -0.4 is 4.90 Å². The molecule has 0 aliphatic carbocycles. The summed E-state index contributed by atoms with van der Waals surface area (Å²) in [5.74, 6) is 0.309. The van der Waals surface area contributed by atoms with Crippen molar-refractivity contribution in [2.75, 3.05) is 26.3 Å². The van der Waals surface area contributed by atoms with Gasteiger partial charge in [0, 0.05) is 6.20 Å². The molecule has 2 heterocycles. The van der Waals surface area contributed by atoms with E-state index in [1.807, 2.05) is 12.3 Å². The molecular weight excluding hydrogens is 276 g/mol. The van der Waals surface area contributed by atoms with E-state index in [4.69, 9.17) is 4.74 Å². The van der Waals surface area contributed by atoms with Crippen molar-refractivity contribution in [2.45, 2.75) is 19.9 Å². The number of aromatic hydroxyl groups is 1. The maximum Gasteiger partial charge on any atom is 0.143 e. The highest BCUT2D eigenvalue weighted by Crippen LogP contribution is 2.18. The summed E-state index contributed by atoms with van der Waals surface area (Å²) in [6.45, 7) is 6.39. The molecule has 1 aromatic carbocycles. The van der Waals surface area contributed by atoms with E-state index in [0.29, 0.717) is 5.75 Å². The average Bonchev–Trinajstić information content (AvgIpc) is 2.53. The van der Waals surface area contributed by atoms with E-state index in [-0.39, 0.29) is 0 Å². The number of aromatic nitrogens is 1. The van der Waals surface area contributed by atoms with Gasteiger partial charge in [-0.05, 0) is 30.5 Å². The third-order valence-electron chi connectivity index (χ3n) is 4.15. The highest BCUT2D eigenvalue weighted by atomic mass is 16.5. The van der Waals surface area contributed by atoms with Crippen LogP contribution in [0.5, 0.6) is 5.75 Å². The lowest BCUT2D eigenvalue weighted by Gasteiger charge is -2.23. The second-order valence-electron chi connectivity index (χ2n) is 6.01. The van der Waals surface area contributed by atoms with E-state index in [1.54, 1.807) is 0 Å². The number of nitrogens with zero attached hydrogens (tertiary/aromatic N) is 1. The first-order valence-corrected chi connectivity index (χ1v) is 7.84. The van der Waals surface area contributed by atoms with Crippen LogP contribution >= 0.6 is 0 Å². The molecule has 4 nitrogen and oxygen atoms in total. The summed E-state index contributed by atoms with van der Waals surface area (Å²) in [5, 5.41) is 10.2. The van der Waals surface area contributed by atoms with Gasteiger partial charge in [0.1, 0.15) is 31.1 Å². The molecule has 2 aromatic rings. The SMILES string of the molecule is Cc1ccc(Cc2cnc(C[NH+]3CCOCC3)c(O)c2)cc1. The number of hydrogen-bond donors (Lipinski definition) is 2. The van der Waals surface area contributed by atoms with Gasteiger partial charge in [-0.15, -0.1) is 0 Å². The van der Waals surface area contributed by atoms with Crippen molar-refractivity contribution in [3.63, 3.8) is 0 Å². The Bertz CT molecular complexity index is 619. The lowest BCUT2D eigenvalue weighted by Crippen LogP contribution is -3.12. The number of nitrogens with one attached hydrogen (secondary N) is 1. The molecule has 1 saturated heterocycles. The molecule has 1 aliphatic rings. The first-order valence-electron chi connectivity index (χ1n) is 7.84. The summed E-state index contributed by atoms with van der Waals surface area (Å²) in [4.78, 5) is 5.89. The normalized spacial score (nSPS) is 15.9. The molecule has 0 atom stereocenters. The smallest absolute Gasteiger partial charge is 0.143 e. The van der Waals surface area contributed by atoms with Gasteiger partial charge in [-0.2, -0.15) is 0 Å². The number of morpholine rings is 1. The van der Waals surface area contributed by atoms with Gasteiger partial charge < -0.3 is 14.7 Å². The second kappa shape index (κ2) is 6.90. The van der Waals surface area contributed by atoms with Crippen molar-refractivity contribution < 1.29 is 14.7 Å². The third kappa shape index (κ3) is 3.84. The topological polar surface area (TPSA) is 46.8 Å². The van der Waals surface area contributed by atoms with Crippen LogP contribution in [-0.2, 0) is 17.7 Å². The van der Waals surface area contributed by atoms with Gasteiger partial charge in [-0.1, -0.05) is 29.8 Å². The average molecular weight is 299 g/mol. The first-order chi connectivity index (χ1) is 10.7. The summed E-state index contributed by atoms with van der Waals surface area (Å²) in [6, 6.07) is 10.3.